The van der Waals surface area contributed by atoms with Gasteiger partial charge in [-0.2, -0.15) is 0 Å². The lowest BCUT2D eigenvalue weighted by Crippen LogP contribution is -2.60. The molecule has 1 heterocycles. The maximum absolute atomic E-state index is 9.77. The third-order valence-corrected chi connectivity index (χ3v) is 2.98. The van der Waals surface area contributed by atoms with Crippen molar-refractivity contribution in [2.24, 2.45) is 0 Å². The van der Waals surface area contributed by atoms with Crippen molar-refractivity contribution in [1.82, 2.24) is 0 Å². The normalized spacial score (nSPS) is 35.1. The first-order valence-corrected chi connectivity index (χ1v) is 5.85. The van der Waals surface area contributed by atoms with Crippen molar-refractivity contribution in [3.8, 4) is 5.75 Å². The Hall–Kier alpha value is -1.38. The number of anilines is 1. The number of nitrogens with two attached hydrogens (primary N) is 1. The molecular formula is C12H17NO6. The quantitative estimate of drug-likeness (QED) is 0.421. The van der Waals surface area contributed by atoms with E-state index in [0.29, 0.717) is 11.4 Å². The molecule has 0 amide bonds. The van der Waals surface area contributed by atoms with Gasteiger partial charge in [0, 0.05) is 5.69 Å². The van der Waals surface area contributed by atoms with Crippen molar-refractivity contribution in [2.45, 2.75) is 30.7 Å². The van der Waals surface area contributed by atoms with Crippen LogP contribution in [0.1, 0.15) is 0 Å². The van der Waals surface area contributed by atoms with Gasteiger partial charge in [-0.05, 0) is 24.3 Å². The Balaban J connectivity index is 2.08. The van der Waals surface area contributed by atoms with Crippen LogP contribution in [0.5, 0.6) is 5.75 Å². The van der Waals surface area contributed by atoms with Crippen LogP contribution in [0.3, 0.4) is 0 Å². The third kappa shape index (κ3) is 2.96. The van der Waals surface area contributed by atoms with Gasteiger partial charge >= 0.3 is 0 Å². The number of aliphatic hydroxyl groups is 4. The van der Waals surface area contributed by atoms with Gasteiger partial charge < -0.3 is 35.6 Å². The van der Waals surface area contributed by atoms with Crippen molar-refractivity contribution >= 4 is 5.69 Å². The zero-order valence-electron chi connectivity index (χ0n) is 10.1. The van der Waals surface area contributed by atoms with Crippen LogP contribution in [0, 0.1) is 0 Å². The predicted molar refractivity (Wildman–Crippen MR) is 65.2 cm³/mol. The van der Waals surface area contributed by atoms with Gasteiger partial charge in [0.25, 0.3) is 0 Å². The van der Waals surface area contributed by atoms with E-state index in [9.17, 15) is 15.3 Å². The number of rotatable bonds is 3. The van der Waals surface area contributed by atoms with Crippen LogP contribution in [0.4, 0.5) is 5.69 Å². The van der Waals surface area contributed by atoms with Crippen molar-refractivity contribution in [2.75, 3.05) is 12.3 Å². The fourth-order valence-electron chi connectivity index (χ4n) is 1.85. The topological polar surface area (TPSA) is 125 Å². The number of hydrogen-bond acceptors (Lipinski definition) is 7. The Morgan fingerprint density at radius 1 is 1.05 bits per heavy atom. The summed E-state index contributed by atoms with van der Waals surface area (Å²) >= 11 is 0. The minimum atomic E-state index is -1.45. The monoisotopic (exact) mass is 271 g/mol. The molecule has 0 saturated carbocycles. The molecule has 7 nitrogen and oxygen atoms in total. The lowest BCUT2D eigenvalue weighted by molar-refractivity contribution is -0.277. The summed E-state index contributed by atoms with van der Waals surface area (Å²) in [5.74, 6) is 0.388. The minimum Gasteiger partial charge on any atom is -0.462 e. The fraction of sp³-hybridized carbons (Fsp3) is 0.500. The second-order valence-corrected chi connectivity index (χ2v) is 4.38. The largest absolute Gasteiger partial charge is 0.462 e. The second kappa shape index (κ2) is 5.72. The van der Waals surface area contributed by atoms with E-state index < -0.39 is 37.3 Å². The predicted octanol–water partition coefficient (Wildman–Crippen LogP) is -1.55. The Morgan fingerprint density at radius 3 is 2.26 bits per heavy atom. The van der Waals surface area contributed by atoms with E-state index in [1.165, 1.54) is 0 Å². The first-order chi connectivity index (χ1) is 9.02. The summed E-state index contributed by atoms with van der Waals surface area (Å²) < 4.78 is 10.6. The van der Waals surface area contributed by atoms with E-state index >= 15 is 0 Å². The summed E-state index contributed by atoms with van der Waals surface area (Å²) in [7, 11) is 0. The first-order valence-electron chi connectivity index (χ1n) is 5.85. The number of nitrogen functional groups attached to an aromatic ring is 1. The number of benzene rings is 1. The van der Waals surface area contributed by atoms with Crippen LogP contribution >= 0.6 is 0 Å². The Bertz CT molecular complexity index is 409. The van der Waals surface area contributed by atoms with Gasteiger partial charge in [0.1, 0.15) is 30.2 Å². The highest BCUT2D eigenvalue weighted by Crippen LogP contribution is 2.24. The van der Waals surface area contributed by atoms with Gasteiger partial charge in [0.15, 0.2) is 0 Å². The highest BCUT2D eigenvalue weighted by molar-refractivity contribution is 5.41. The highest BCUT2D eigenvalue weighted by Gasteiger charge is 2.44. The molecule has 1 aromatic rings. The lowest BCUT2D eigenvalue weighted by Gasteiger charge is -2.39. The summed E-state index contributed by atoms with van der Waals surface area (Å²) in [6.07, 6.45) is -6.44. The molecule has 2 rings (SSSR count). The molecule has 1 fully saturated rings. The minimum absolute atomic E-state index is 0.388. The van der Waals surface area contributed by atoms with E-state index in [-0.39, 0.29) is 0 Å². The Labute approximate surface area is 109 Å². The van der Waals surface area contributed by atoms with Crippen LogP contribution in [-0.4, -0.2) is 57.7 Å². The Kier molecular flexibility index (Phi) is 4.23. The van der Waals surface area contributed by atoms with Crippen molar-refractivity contribution < 1.29 is 29.9 Å². The summed E-state index contributed by atoms with van der Waals surface area (Å²) in [6, 6.07) is 6.38. The van der Waals surface area contributed by atoms with E-state index in [4.69, 9.17) is 20.3 Å². The molecule has 1 saturated heterocycles. The zero-order chi connectivity index (χ0) is 14.0. The lowest BCUT2D eigenvalue weighted by atomic mass is 9.99. The van der Waals surface area contributed by atoms with Crippen LogP contribution in [0.25, 0.3) is 0 Å². The molecule has 7 heteroatoms. The molecule has 19 heavy (non-hydrogen) atoms. The molecule has 0 radical (unpaired) electrons. The molecule has 1 aliphatic rings. The van der Waals surface area contributed by atoms with Crippen LogP contribution in [-0.2, 0) is 4.74 Å². The smallest absolute Gasteiger partial charge is 0.229 e. The van der Waals surface area contributed by atoms with E-state index in [0.717, 1.165) is 0 Å². The molecule has 0 aliphatic carbocycles. The Morgan fingerprint density at radius 2 is 1.68 bits per heavy atom. The van der Waals surface area contributed by atoms with Crippen molar-refractivity contribution in [1.29, 1.82) is 0 Å². The van der Waals surface area contributed by atoms with Gasteiger partial charge in [0.2, 0.25) is 6.29 Å². The number of ether oxygens (including phenoxy) is 2. The van der Waals surface area contributed by atoms with Crippen LogP contribution < -0.4 is 10.5 Å². The zero-order valence-corrected chi connectivity index (χ0v) is 10.1. The fourth-order valence-corrected chi connectivity index (χ4v) is 1.85. The SMILES string of the molecule is Nc1ccc(O[C@H]2OC(CO)[C@@H](O)[C@@H](O)C2O)cc1. The molecule has 5 atom stereocenters. The number of aliphatic hydroxyl groups excluding tert-OH is 4. The van der Waals surface area contributed by atoms with Gasteiger partial charge in [-0.1, -0.05) is 0 Å². The van der Waals surface area contributed by atoms with Crippen molar-refractivity contribution in [3.63, 3.8) is 0 Å². The maximum atomic E-state index is 9.77. The summed E-state index contributed by atoms with van der Waals surface area (Å²) in [5, 5.41) is 38.0. The molecule has 106 valence electrons. The van der Waals surface area contributed by atoms with Gasteiger partial charge in [-0.25, -0.2) is 0 Å². The average Bonchev–Trinajstić information content (AvgIpc) is 2.42. The van der Waals surface area contributed by atoms with Crippen LogP contribution in [0.15, 0.2) is 24.3 Å². The van der Waals surface area contributed by atoms with Gasteiger partial charge in [-0.3, -0.25) is 0 Å². The van der Waals surface area contributed by atoms with E-state index in [2.05, 4.69) is 0 Å². The van der Waals surface area contributed by atoms with Crippen LogP contribution in [0.2, 0.25) is 0 Å². The molecular weight excluding hydrogens is 254 g/mol. The molecule has 1 aromatic carbocycles. The second-order valence-electron chi connectivity index (χ2n) is 4.38. The summed E-state index contributed by atoms with van der Waals surface area (Å²) in [5.41, 5.74) is 6.09. The third-order valence-electron chi connectivity index (χ3n) is 2.98. The highest BCUT2D eigenvalue weighted by atomic mass is 16.7. The molecule has 0 spiro atoms. The van der Waals surface area contributed by atoms with Gasteiger partial charge in [0.05, 0.1) is 6.61 Å². The average molecular weight is 271 g/mol. The van der Waals surface area contributed by atoms with Gasteiger partial charge in [-0.15, -0.1) is 0 Å². The molecule has 0 aromatic heterocycles. The number of hydrogen-bond donors (Lipinski definition) is 5. The molecule has 1 aliphatic heterocycles. The molecule has 6 N–H and O–H groups in total. The first kappa shape index (κ1) is 14.0. The maximum Gasteiger partial charge on any atom is 0.229 e. The molecule has 2 unspecified atom stereocenters. The van der Waals surface area contributed by atoms with E-state index in [1.54, 1.807) is 24.3 Å². The van der Waals surface area contributed by atoms with Crippen molar-refractivity contribution in [3.05, 3.63) is 24.3 Å². The van der Waals surface area contributed by atoms with E-state index in [1.807, 2.05) is 0 Å². The molecule has 0 bridgehead atoms. The standard InChI is InChI=1S/C12H17NO6/c13-6-1-3-7(4-2-6)18-12-11(17)10(16)9(15)8(5-14)19-12/h1-4,8-12,14-17H,5,13H2/t8?,9-,10-,11?,12+/m1/s1. The summed E-state index contributed by atoms with van der Waals surface area (Å²) in [6.45, 7) is -0.494. The summed E-state index contributed by atoms with van der Waals surface area (Å²) in [4.78, 5) is 0.